The molecule has 0 aliphatic heterocycles. The molecule has 0 saturated heterocycles. The second-order valence-corrected chi connectivity index (χ2v) is 5.04. The Morgan fingerprint density at radius 3 is 2.00 bits per heavy atom. The Hall–Kier alpha value is -0.570. The van der Waals surface area contributed by atoms with Crippen LogP contribution in [-0.4, -0.2) is 18.4 Å². The largest absolute Gasteiger partial charge is 0.438 e. The molecule has 0 bridgehead atoms. The molecule has 0 saturated carbocycles. The van der Waals surface area contributed by atoms with Crippen LogP contribution in [0, 0.1) is 5.41 Å². The van der Waals surface area contributed by atoms with E-state index in [1.165, 1.54) is 0 Å². The SMILES string of the molecule is CCC(C)(C)C(=O)OCOC(C)(C)C. The fraction of sp³-hybridized carbons (Fsp3) is 0.909. The number of ether oxygens (including phenoxy) is 2. The van der Waals surface area contributed by atoms with Crippen LogP contribution in [0.5, 0.6) is 0 Å². The minimum absolute atomic E-state index is 0.0335. The van der Waals surface area contributed by atoms with E-state index in [9.17, 15) is 4.79 Å². The van der Waals surface area contributed by atoms with Gasteiger partial charge in [0.25, 0.3) is 0 Å². The first-order valence-electron chi connectivity index (χ1n) is 5.00. The summed E-state index contributed by atoms with van der Waals surface area (Å²) in [6.45, 7) is 11.5. The molecule has 3 nitrogen and oxygen atoms in total. The van der Waals surface area contributed by atoms with Crippen molar-refractivity contribution >= 4 is 5.97 Å². The van der Waals surface area contributed by atoms with Gasteiger partial charge in [0.1, 0.15) is 0 Å². The zero-order chi connectivity index (χ0) is 11.4. The maximum atomic E-state index is 11.5. The molecule has 0 N–H and O–H groups in total. The van der Waals surface area contributed by atoms with Gasteiger partial charge in [0, 0.05) is 0 Å². The molecule has 0 rings (SSSR count). The third kappa shape index (κ3) is 5.22. The van der Waals surface area contributed by atoms with Gasteiger partial charge in [0.15, 0.2) is 6.79 Å². The highest BCUT2D eigenvalue weighted by atomic mass is 16.7. The summed E-state index contributed by atoms with van der Waals surface area (Å²) in [4.78, 5) is 11.5. The van der Waals surface area contributed by atoms with Crippen LogP contribution >= 0.6 is 0 Å². The lowest BCUT2D eigenvalue weighted by molar-refractivity contribution is -0.176. The fourth-order valence-electron chi connectivity index (χ4n) is 0.599. The quantitative estimate of drug-likeness (QED) is 0.519. The fourth-order valence-corrected chi connectivity index (χ4v) is 0.599. The first-order chi connectivity index (χ1) is 6.19. The van der Waals surface area contributed by atoms with Crippen molar-refractivity contribution in [1.29, 1.82) is 0 Å². The van der Waals surface area contributed by atoms with Crippen molar-refractivity contribution in [2.75, 3.05) is 6.79 Å². The highest BCUT2D eigenvalue weighted by Crippen LogP contribution is 2.21. The van der Waals surface area contributed by atoms with Gasteiger partial charge in [0.2, 0.25) is 0 Å². The predicted octanol–water partition coefficient (Wildman–Crippen LogP) is 2.74. The first-order valence-corrected chi connectivity index (χ1v) is 5.00. The summed E-state index contributed by atoms with van der Waals surface area (Å²) in [5, 5.41) is 0. The van der Waals surface area contributed by atoms with Gasteiger partial charge in [-0.1, -0.05) is 6.92 Å². The number of rotatable bonds is 4. The topological polar surface area (TPSA) is 35.5 Å². The van der Waals surface area contributed by atoms with Crippen molar-refractivity contribution in [2.24, 2.45) is 5.41 Å². The van der Waals surface area contributed by atoms with E-state index >= 15 is 0 Å². The van der Waals surface area contributed by atoms with Crippen LogP contribution < -0.4 is 0 Å². The van der Waals surface area contributed by atoms with Gasteiger partial charge in [-0.15, -0.1) is 0 Å². The van der Waals surface area contributed by atoms with Crippen LogP contribution in [0.4, 0.5) is 0 Å². The monoisotopic (exact) mass is 202 g/mol. The van der Waals surface area contributed by atoms with E-state index in [1.54, 1.807) is 0 Å². The molecule has 14 heavy (non-hydrogen) atoms. The zero-order valence-electron chi connectivity index (χ0n) is 10.1. The van der Waals surface area contributed by atoms with Crippen LogP contribution in [0.25, 0.3) is 0 Å². The van der Waals surface area contributed by atoms with E-state index < -0.39 is 5.41 Å². The summed E-state index contributed by atoms with van der Waals surface area (Å²) in [5.41, 5.74) is -0.683. The molecule has 0 heterocycles. The Labute approximate surface area is 86.8 Å². The number of carbonyl (C=O) groups excluding carboxylic acids is 1. The normalized spacial score (nSPS) is 12.7. The van der Waals surface area contributed by atoms with E-state index in [1.807, 2.05) is 41.5 Å². The number of esters is 1. The molecule has 0 aromatic heterocycles. The molecule has 0 radical (unpaired) electrons. The lowest BCUT2D eigenvalue weighted by Crippen LogP contribution is -2.29. The van der Waals surface area contributed by atoms with Gasteiger partial charge in [-0.05, 0) is 41.0 Å². The maximum Gasteiger partial charge on any atom is 0.313 e. The highest BCUT2D eigenvalue weighted by molar-refractivity contribution is 5.75. The molecule has 0 fully saturated rings. The Kier molecular flexibility index (Phi) is 4.59. The summed E-state index contributed by atoms with van der Waals surface area (Å²) in [6, 6.07) is 0. The predicted molar refractivity (Wildman–Crippen MR) is 55.9 cm³/mol. The number of carbonyl (C=O) groups is 1. The first kappa shape index (κ1) is 13.4. The van der Waals surface area contributed by atoms with Gasteiger partial charge in [0.05, 0.1) is 11.0 Å². The van der Waals surface area contributed by atoms with Gasteiger partial charge in [-0.25, -0.2) is 0 Å². The third-order valence-electron chi connectivity index (χ3n) is 2.12. The summed E-state index contributed by atoms with van der Waals surface area (Å²) < 4.78 is 10.3. The number of hydrogen-bond donors (Lipinski definition) is 0. The Morgan fingerprint density at radius 2 is 1.64 bits per heavy atom. The van der Waals surface area contributed by atoms with Crippen molar-refractivity contribution in [3.63, 3.8) is 0 Å². The molecule has 0 aliphatic carbocycles. The van der Waals surface area contributed by atoms with Crippen LogP contribution in [0.3, 0.4) is 0 Å². The summed E-state index contributed by atoms with van der Waals surface area (Å²) in [6.07, 6.45) is 0.765. The molecule has 0 aliphatic rings. The van der Waals surface area contributed by atoms with Gasteiger partial charge >= 0.3 is 5.97 Å². The van der Waals surface area contributed by atoms with Gasteiger partial charge in [-0.3, -0.25) is 4.79 Å². The summed E-state index contributed by atoms with van der Waals surface area (Å²) >= 11 is 0. The third-order valence-corrected chi connectivity index (χ3v) is 2.12. The average molecular weight is 202 g/mol. The van der Waals surface area contributed by atoms with Crippen molar-refractivity contribution < 1.29 is 14.3 Å². The second kappa shape index (κ2) is 4.78. The van der Waals surface area contributed by atoms with E-state index in [0.29, 0.717) is 0 Å². The molecule has 0 spiro atoms. The van der Waals surface area contributed by atoms with Crippen LogP contribution in [0.15, 0.2) is 0 Å². The molecular weight excluding hydrogens is 180 g/mol. The molecule has 84 valence electrons. The molecule has 0 aromatic carbocycles. The van der Waals surface area contributed by atoms with Crippen molar-refractivity contribution in [3.8, 4) is 0 Å². The van der Waals surface area contributed by atoms with Gasteiger partial charge in [-0.2, -0.15) is 0 Å². The molecule has 0 unspecified atom stereocenters. The maximum absolute atomic E-state index is 11.5. The van der Waals surface area contributed by atoms with Crippen molar-refractivity contribution in [2.45, 2.75) is 53.6 Å². The Morgan fingerprint density at radius 1 is 1.14 bits per heavy atom. The van der Waals surface area contributed by atoms with E-state index in [-0.39, 0.29) is 18.4 Å². The summed E-state index contributed by atoms with van der Waals surface area (Å²) in [7, 11) is 0. The number of hydrogen-bond acceptors (Lipinski definition) is 3. The van der Waals surface area contributed by atoms with E-state index in [4.69, 9.17) is 9.47 Å². The minimum Gasteiger partial charge on any atom is -0.438 e. The van der Waals surface area contributed by atoms with Crippen molar-refractivity contribution in [3.05, 3.63) is 0 Å². The van der Waals surface area contributed by atoms with Crippen LogP contribution in [0.2, 0.25) is 0 Å². The highest BCUT2D eigenvalue weighted by Gasteiger charge is 2.27. The van der Waals surface area contributed by atoms with Crippen LogP contribution in [0.1, 0.15) is 48.0 Å². The summed E-state index contributed by atoms with van der Waals surface area (Å²) in [5.74, 6) is -0.204. The molecular formula is C11H22O3. The van der Waals surface area contributed by atoms with Crippen LogP contribution in [-0.2, 0) is 14.3 Å². The molecule has 0 atom stereocenters. The molecule has 0 amide bonds. The minimum atomic E-state index is -0.415. The van der Waals surface area contributed by atoms with Crippen molar-refractivity contribution in [1.82, 2.24) is 0 Å². The Bertz CT molecular complexity index is 189. The van der Waals surface area contributed by atoms with E-state index in [0.717, 1.165) is 6.42 Å². The zero-order valence-corrected chi connectivity index (χ0v) is 10.1. The Balaban J connectivity index is 3.87. The molecule has 0 aromatic rings. The van der Waals surface area contributed by atoms with Gasteiger partial charge < -0.3 is 9.47 Å². The lowest BCUT2D eigenvalue weighted by atomic mass is 9.91. The smallest absolute Gasteiger partial charge is 0.313 e. The lowest BCUT2D eigenvalue weighted by Gasteiger charge is -2.23. The molecule has 3 heteroatoms. The average Bonchev–Trinajstić information content (AvgIpc) is 2.02. The second-order valence-electron chi connectivity index (χ2n) is 5.04. The standard InChI is InChI=1S/C11H22O3/c1-7-11(5,6)9(12)13-8-14-10(2,3)4/h7-8H2,1-6H3. The van der Waals surface area contributed by atoms with E-state index in [2.05, 4.69) is 0 Å².